The van der Waals surface area contributed by atoms with Crippen molar-refractivity contribution in [3.63, 3.8) is 0 Å². The van der Waals surface area contributed by atoms with Gasteiger partial charge in [0.2, 0.25) is 0 Å². The highest BCUT2D eigenvalue weighted by atomic mass is 32.2. The molecule has 2 aromatic carbocycles. The van der Waals surface area contributed by atoms with Gasteiger partial charge in [0.15, 0.2) is 0 Å². The molecule has 0 aliphatic heterocycles. The second kappa shape index (κ2) is 4.78. The Morgan fingerprint density at radius 1 is 1.10 bits per heavy atom. The van der Waals surface area contributed by atoms with Gasteiger partial charge < -0.3 is 10.7 Å². The minimum absolute atomic E-state index is 0.0918. The summed E-state index contributed by atoms with van der Waals surface area (Å²) in [6, 6.07) is 10.1. The Morgan fingerprint density at radius 2 is 1.81 bits per heavy atom. The van der Waals surface area contributed by atoms with E-state index >= 15 is 0 Å². The average molecular weight is 305 g/mol. The second-order valence-electron chi connectivity index (χ2n) is 4.57. The summed E-state index contributed by atoms with van der Waals surface area (Å²) in [6.45, 7) is 0. The summed E-state index contributed by atoms with van der Waals surface area (Å²) in [5.41, 5.74) is 7.12. The van der Waals surface area contributed by atoms with E-state index in [9.17, 15) is 12.8 Å². The number of sulfonamides is 1. The van der Waals surface area contributed by atoms with E-state index in [1.165, 1.54) is 30.5 Å². The average Bonchev–Trinajstić information content (AvgIpc) is 2.85. The highest BCUT2D eigenvalue weighted by molar-refractivity contribution is 7.93. The van der Waals surface area contributed by atoms with E-state index in [1.807, 2.05) is 0 Å². The Hall–Kier alpha value is -2.54. The third-order valence-corrected chi connectivity index (χ3v) is 4.48. The summed E-state index contributed by atoms with van der Waals surface area (Å²) >= 11 is 0. The molecule has 1 heterocycles. The number of fused-ring (bicyclic) bond motifs is 1. The number of aromatic nitrogens is 1. The summed E-state index contributed by atoms with van der Waals surface area (Å²) in [5.74, 6) is -0.433. The van der Waals surface area contributed by atoms with Crippen LogP contribution in [0.5, 0.6) is 0 Å². The van der Waals surface area contributed by atoms with Crippen LogP contribution in [0.1, 0.15) is 0 Å². The lowest BCUT2D eigenvalue weighted by Crippen LogP contribution is -2.12. The molecule has 3 aromatic rings. The molecule has 21 heavy (non-hydrogen) atoms. The Morgan fingerprint density at radius 3 is 2.52 bits per heavy atom. The predicted octanol–water partition coefficient (Wildman–Crippen LogP) is 2.69. The molecule has 0 atom stereocenters. The number of nitrogens with one attached hydrogen (secondary N) is 2. The van der Waals surface area contributed by atoms with E-state index in [2.05, 4.69) is 9.71 Å². The monoisotopic (exact) mass is 305 g/mol. The molecule has 0 aliphatic carbocycles. The summed E-state index contributed by atoms with van der Waals surface area (Å²) in [5, 5.41) is 0.504. The number of hydrogen-bond donors (Lipinski definition) is 3. The molecule has 0 radical (unpaired) electrons. The molecular weight excluding hydrogens is 293 g/mol. The first kappa shape index (κ1) is 13.4. The SMILES string of the molecule is Nc1ccc2[nH]cc(S(=O)(=O)Nc3ccc(F)cc3)c2c1. The molecule has 4 N–H and O–H groups in total. The molecule has 0 saturated carbocycles. The number of hydrogen-bond acceptors (Lipinski definition) is 3. The van der Waals surface area contributed by atoms with Crippen LogP contribution < -0.4 is 10.5 Å². The fourth-order valence-electron chi connectivity index (χ4n) is 2.06. The fraction of sp³-hybridized carbons (Fsp3) is 0. The van der Waals surface area contributed by atoms with E-state index in [-0.39, 0.29) is 10.6 Å². The zero-order valence-corrected chi connectivity index (χ0v) is 11.6. The van der Waals surface area contributed by atoms with Crippen molar-refractivity contribution in [1.29, 1.82) is 0 Å². The lowest BCUT2D eigenvalue weighted by atomic mass is 10.2. The van der Waals surface area contributed by atoms with Gasteiger partial charge in [-0.2, -0.15) is 0 Å². The molecule has 0 amide bonds. The van der Waals surface area contributed by atoms with Crippen molar-refractivity contribution in [3.05, 3.63) is 54.5 Å². The van der Waals surface area contributed by atoms with E-state index in [4.69, 9.17) is 5.73 Å². The number of benzene rings is 2. The van der Waals surface area contributed by atoms with Gasteiger partial charge in [-0.05, 0) is 42.5 Å². The highest BCUT2D eigenvalue weighted by Crippen LogP contribution is 2.26. The van der Waals surface area contributed by atoms with Crippen LogP contribution in [0.3, 0.4) is 0 Å². The highest BCUT2D eigenvalue weighted by Gasteiger charge is 2.19. The van der Waals surface area contributed by atoms with Gasteiger partial charge in [-0.25, -0.2) is 12.8 Å². The smallest absolute Gasteiger partial charge is 0.264 e. The third-order valence-electron chi connectivity index (χ3n) is 3.05. The molecule has 0 saturated heterocycles. The summed E-state index contributed by atoms with van der Waals surface area (Å²) in [4.78, 5) is 2.97. The molecule has 0 bridgehead atoms. The molecule has 0 aliphatic rings. The number of nitrogen functional groups attached to an aromatic ring is 1. The Bertz CT molecular complexity index is 902. The lowest BCUT2D eigenvalue weighted by molar-refractivity contribution is 0.602. The van der Waals surface area contributed by atoms with Crippen LogP contribution in [0, 0.1) is 5.82 Å². The zero-order valence-electron chi connectivity index (χ0n) is 10.8. The van der Waals surface area contributed by atoms with Crippen molar-refractivity contribution in [3.8, 4) is 0 Å². The standard InChI is InChI=1S/C14H12FN3O2S/c15-9-1-4-11(5-2-9)18-21(19,20)14-8-17-13-6-3-10(16)7-12(13)14/h1-8,17-18H,16H2. The number of aromatic amines is 1. The summed E-state index contributed by atoms with van der Waals surface area (Å²) in [7, 11) is -3.79. The van der Waals surface area contributed by atoms with Gasteiger partial charge in [0.05, 0.1) is 0 Å². The largest absolute Gasteiger partial charge is 0.399 e. The number of halogens is 1. The van der Waals surface area contributed by atoms with E-state index < -0.39 is 15.8 Å². The van der Waals surface area contributed by atoms with E-state index in [0.717, 1.165) is 0 Å². The minimum Gasteiger partial charge on any atom is -0.399 e. The molecule has 7 heteroatoms. The normalized spacial score (nSPS) is 11.7. The van der Waals surface area contributed by atoms with Crippen LogP contribution in [0.4, 0.5) is 15.8 Å². The van der Waals surface area contributed by atoms with Crippen molar-refractivity contribution in [1.82, 2.24) is 4.98 Å². The van der Waals surface area contributed by atoms with Crippen molar-refractivity contribution in [2.45, 2.75) is 4.90 Å². The van der Waals surface area contributed by atoms with E-state index in [0.29, 0.717) is 16.6 Å². The summed E-state index contributed by atoms with van der Waals surface area (Å²) < 4.78 is 40.1. The second-order valence-corrected chi connectivity index (χ2v) is 6.22. The number of rotatable bonds is 3. The fourth-order valence-corrected chi connectivity index (χ4v) is 3.29. The number of anilines is 2. The summed E-state index contributed by atoms with van der Waals surface area (Å²) in [6.07, 6.45) is 1.40. The molecule has 0 unspecified atom stereocenters. The van der Waals surface area contributed by atoms with Gasteiger partial charge in [0.1, 0.15) is 10.7 Å². The van der Waals surface area contributed by atoms with Crippen LogP contribution >= 0.6 is 0 Å². The third kappa shape index (κ3) is 2.55. The maximum Gasteiger partial charge on any atom is 0.264 e. The topological polar surface area (TPSA) is 88.0 Å². The first-order valence-electron chi connectivity index (χ1n) is 6.11. The molecule has 0 fully saturated rings. The van der Waals surface area contributed by atoms with Gasteiger partial charge in [0.25, 0.3) is 10.0 Å². The van der Waals surface area contributed by atoms with Gasteiger partial charge >= 0.3 is 0 Å². The molecule has 3 rings (SSSR count). The molecule has 5 nitrogen and oxygen atoms in total. The maximum atomic E-state index is 12.8. The molecule has 1 aromatic heterocycles. The number of nitrogens with two attached hydrogens (primary N) is 1. The van der Waals surface area contributed by atoms with Crippen LogP contribution in [0.15, 0.2) is 53.6 Å². The van der Waals surface area contributed by atoms with Crippen LogP contribution in [-0.4, -0.2) is 13.4 Å². The Kier molecular flexibility index (Phi) is 3.06. The Labute approximate surface area is 120 Å². The van der Waals surface area contributed by atoms with Crippen molar-refractivity contribution in [2.24, 2.45) is 0 Å². The zero-order chi connectivity index (χ0) is 15.0. The van der Waals surface area contributed by atoms with Crippen molar-refractivity contribution < 1.29 is 12.8 Å². The van der Waals surface area contributed by atoms with Crippen LogP contribution in [0.2, 0.25) is 0 Å². The lowest BCUT2D eigenvalue weighted by Gasteiger charge is -2.07. The van der Waals surface area contributed by atoms with Crippen molar-refractivity contribution >= 4 is 32.3 Å². The van der Waals surface area contributed by atoms with Crippen molar-refractivity contribution in [2.75, 3.05) is 10.5 Å². The first-order chi connectivity index (χ1) is 9.95. The number of H-pyrrole nitrogens is 1. The molecule has 0 spiro atoms. The maximum absolute atomic E-state index is 12.8. The first-order valence-corrected chi connectivity index (χ1v) is 7.59. The quantitative estimate of drug-likeness (QED) is 0.650. The van der Waals surface area contributed by atoms with Gasteiger partial charge in [0, 0.05) is 28.5 Å². The predicted molar refractivity (Wildman–Crippen MR) is 79.9 cm³/mol. The van der Waals surface area contributed by atoms with Crippen LogP contribution in [-0.2, 0) is 10.0 Å². The van der Waals surface area contributed by atoms with Gasteiger partial charge in [-0.15, -0.1) is 0 Å². The van der Waals surface area contributed by atoms with E-state index in [1.54, 1.807) is 18.2 Å². The minimum atomic E-state index is -3.79. The van der Waals surface area contributed by atoms with Crippen LogP contribution in [0.25, 0.3) is 10.9 Å². The van der Waals surface area contributed by atoms with Gasteiger partial charge in [-0.1, -0.05) is 0 Å². The molecule has 108 valence electrons. The Balaban J connectivity index is 2.04. The molecular formula is C14H12FN3O2S. The van der Waals surface area contributed by atoms with Gasteiger partial charge in [-0.3, -0.25) is 4.72 Å².